The van der Waals surface area contributed by atoms with Gasteiger partial charge in [0, 0.05) is 12.6 Å². The molecule has 4 nitrogen and oxygen atoms in total. The van der Waals surface area contributed by atoms with Gasteiger partial charge in [0.05, 0.1) is 5.69 Å². The fraction of sp³-hybridized carbons (Fsp3) is 0.286. The van der Waals surface area contributed by atoms with Crippen LogP contribution >= 0.6 is 11.6 Å². The van der Waals surface area contributed by atoms with E-state index in [1.165, 1.54) is 16.7 Å². The van der Waals surface area contributed by atoms with Gasteiger partial charge in [0.15, 0.2) is 0 Å². The maximum absolute atomic E-state index is 8.60. The van der Waals surface area contributed by atoms with Gasteiger partial charge >= 0.3 is 7.12 Å². The molecule has 0 saturated carbocycles. The molecule has 70 valence electrons. The third-order valence-electron chi connectivity index (χ3n) is 1.63. The zero-order chi connectivity index (χ0) is 10.0. The van der Waals surface area contributed by atoms with Crippen LogP contribution in [0.1, 0.15) is 11.3 Å². The van der Waals surface area contributed by atoms with Crippen LogP contribution in [0, 0.1) is 6.92 Å². The monoisotopic (exact) mass is 200 g/mol. The number of rotatable bonds is 2. The van der Waals surface area contributed by atoms with Gasteiger partial charge in [-0.05, 0) is 6.92 Å². The maximum atomic E-state index is 8.60. The fourth-order valence-electron chi connectivity index (χ4n) is 1.02. The number of hydrogen-bond donors (Lipinski definition) is 2. The largest absolute Gasteiger partial charge is 0.480 e. The summed E-state index contributed by atoms with van der Waals surface area (Å²) in [5.41, 5.74) is 1.46. The van der Waals surface area contributed by atoms with Crippen molar-refractivity contribution in [2.24, 2.45) is 7.05 Å². The van der Waals surface area contributed by atoms with Gasteiger partial charge in [-0.3, -0.25) is 4.68 Å². The van der Waals surface area contributed by atoms with Crippen LogP contribution in [-0.4, -0.2) is 26.9 Å². The Morgan fingerprint density at radius 2 is 2.15 bits per heavy atom. The lowest BCUT2D eigenvalue weighted by Crippen LogP contribution is -2.05. The molecule has 2 N–H and O–H groups in total. The molecular weight excluding hydrogens is 190 g/mol. The van der Waals surface area contributed by atoms with Crippen molar-refractivity contribution in [2.45, 2.75) is 6.92 Å². The highest BCUT2D eigenvalue weighted by Gasteiger charge is 2.08. The van der Waals surface area contributed by atoms with Crippen molar-refractivity contribution < 1.29 is 10.0 Å². The topological polar surface area (TPSA) is 58.3 Å². The summed E-state index contributed by atoms with van der Waals surface area (Å²) < 4.78 is 1.53. The van der Waals surface area contributed by atoms with Gasteiger partial charge in [0.25, 0.3) is 0 Å². The number of aromatic nitrogens is 2. The smallest absolute Gasteiger partial charge is 0.424 e. The van der Waals surface area contributed by atoms with Crippen molar-refractivity contribution >= 4 is 24.8 Å². The van der Waals surface area contributed by atoms with Crippen LogP contribution in [0.4, 0.5) is 0 Å². The molecule has 0 aliphatic heterocycles. The summed E-state index contributed by atoms with van der Waals surface area (Å²) in [6.07, 6.45) is 1.54. The quantitative estimate of drug-likeness (QED) is 0.680. The highest BCUT2D eigenvalue weighted by molar-refractivity contribution is 6.48. The van der Waals surface area contributed by atoms with Crippen LogP contribution in [0.3, 0.4) is 0 Å². The molecule has 0 fully saturated rings. The van der Waals surface area contributed by atoms with Gasteiger partial charge < -0.3 is 10.0 Å². The predicted octanol–water partition coefficient (Wildman–Crippen LogP) is 0.407. The van der Waals surface area contributed by atoms with E-state index in [2.05, 4.69) is 5.10 Å². The molecule has 0 radical (unpaired) electrons. The Labute approximate surface area is 81.6 Å². The predicted molar refractivity (Wildman–Crippen MR) is 52.2 cm³/mol. The van der Waals surface area contributed by atoms with Gasteiger partial charge in [0.1, 0.15) is 5.15 Å². The molecule has 1 aromatic rings. The Hall–Kier alpha value is -0.775. The van der Waals surface area contributed by atoms with Crippen LogP contribution in [0.15, 0.2) is 5.98 Å². The summed E-state index contributed by atoms with van der Waals surface area (Å²) in [6.45, 7) is 1.80. The first kappa shape index (κ1) is 10.3. The highest BCUT2D eigenvalue weighted by Crippen LogP contribution is 2.19. The van der Waals surface area contributed by atoms with Crippen molar-refractivity contribution in [1.29, 1.82) is 0 Å². The molecule has 0 aliphatic rings. The van der Waals surface area contributed by atoms with Crippen LogP contribution in [0.2, 0.25) is 5.15 Å². The lowest BCUT2D eigenvalue weighted by atomic mass is 9.91. The first-order chi connectivity index (χ1) is 6.02. The summed E-state index contributed by atoms with van der Waals surface area (Å²) in [7, 11) is 0.262. The van der Waals surface area contributed by atoms with E-state index in [0.29, 0.717) is 10.7 Å². The minimum atomic E-state index is -1.46. The van der Waals surface area contributed by atoms with Crippen LogP contribution in [0.25, 0.3) is 6.08 Å². The zero-order valence-corrected chi connectivity index (χ0v) is 8.15. The van der Waals surface area contributed by atoms with Crippen molar-refractivity contribution in [3.05, 3.63) is 22.4 Å². The second-order valence-corrected chi connectivity index (χ2v) is 3.04. The van der Waals surface area contributed by atoms with E-state index in [1.54, 1.807) is 14.0 Å². The minimum Gasteiger partial charge on any atom is -0.424 e. The molecule has 0 atom stereocenters. The third-order valence-corrected chi connectivity index (χ3v) is 2.08. The summed E-state index contributed by atoms with van der Waals surface area (Å²) in [4.78, 5) is 0. The second kappa shape index (κ2) is 3.96. The highest BCUT2D eigenvalue weighted by atomic mass is 35.5. The van der Waals surface area contributed by atoms with Gasteiger partial charge in [-0.2, -0.15) is 5.10 Å². The molecule has 6 heteroatoms. The Morgan fingerprint density at radius 1 is 1.54 bits per heavy atom. The first-order valence-corrected chi connectivity index (χ1v) is 4.13. The third kappa shape index (κ3) is 2.34. The van der Waals surface area contributed by atoms with Gasteiger partial charge in [-0.1, -0.05) is 23.7 Å². The Balaban J connectivity index is 3.00. The average Bonchev–Trinajstić information content (AvgIpc) is 2.24. The normalized spacial score (nSPS) is 11.2. The van der Waals surface area contributed by atoms with Crippen LogP contribution < -0.4 is 0 Å². The lowest BCUT2D eigenvalue weighted by molar-refractivity contribution is 0.424. The van der Waals surface area contributed by atoms with Gasteiger partial charge in [-0.25, -0.2) is 0 Å². The molecule has 0 bridgehead atoms. The molecule has 0 unspecified atom stereocenters. The molecule has 1 heterocycles. The van der Waals surface area contributed by atoms with Gasteiger partial charge in [-0.15, -0.1) is 0 Å². The summed E-state index contributed by atoms with van der Waals surface area (Å²) in [5.74, 6) is 1.23. The zero-order valence-electron chi connectivity index (χ0n) is 7.40. The van der Waals surface area contributed by atoms with Crippen molar-refractivity contribution in [3.63, 3.8) is 0 Å². The number of halogens is 1. The molecule has 1 aromatic heterocycles. The Bertz CT molecular complexity index is 335. The van der Waals surface area contributed by atoms with E-state index in [0.717, 1.165) is 5.69 Å². The van der Waals surface area contributed by atoms with E-state index in [1.807, 2.05) is 0 Å². The first-order valence-electron chi connectivity index (χ1n) is 3.76. The van der Waals surface area contributed by atoms with E-state index in [9.17, 15) is 0 Å². The van der Waals surface area contributed by atoms with Crippen molar-refractivity contribution in [1.82, 2.24) is 9.78 Å². The van der Waals surface area contributed by atoms with E-state index in [-0.39, 0.29) is 0 Å². The molecular formula is C7H10BClN2O2. The molecule has 0 aliphatic carbocycles. The number of hydrogen-bond acceptors (Lipinski definition) is 3. The molecule has 0 aromatic carbocycles. The second-order valence-electron chi connectivity index (χ2n) is 2.69. The van der Waals surface area contributed by atoms with Crippen molar-refractivity contribution in [3.8, 4) is 0 Å². The van der Waals surface area contributed by atoms with E-state index < -0.39 is 7.12 Å². The van der Waals surface area contributed by atoms with Crippen LogP contribution in [0.5, 0.6) is 0 Å². The standard InChI is InChI=1S/C7H10BClN2O2/c1-5-6(3-4-8(12)13)7(9)11(2)10-5/h3-4,12-13H,1-2H3/b4-3+. The molecule has 1 rings (SSSR count). The maximum Gasteiger partial charge on any atom is 0.480 e. The fourth-order valence-corrected chi connectivity index (χ4v) is 1.26. The lowest BCUT2D eigenvalue weighted by Gasteiger charge is -1.91. The molecule has 0 spiro atoms. The van der Waals surface area contributed by atoms with Crippen LogP contribution in [-0.2, 0) is 7.05 Å². The summed E-state index contributed by atoms with van der Waals surface area (Å²) in [6, 6.07) is 0. The minimum absolute atomic E-state index is 0.481. The Kier molecular flexibility index (Phi) is 3.14. The number of nitrogens with zero attached hydrogens (tertiary/aromatic N) is 2. The van der Waals surface area contributed by atoms with E-state index in [4.69, 9.17) is 21.6 Å². The van der Waals surface area contributed by atoms with Gasteiger partial charge in [0.2, 0.25) is 0 Å². The molecule has 0 saturated heterocycles. The van der Waals surface area contributed by atoms with E-state index >= 15 is 0 Å². The Morgan fingerprint density at radius 3 is 2.54 bits per heavy atom. The SMILES string of the molecule is Cc1nn(C)c(Cl)c1/C=C/B(O)O. The van der Waals surface area contributed by atoms with Crippen molar-refractivity contribution in [2.75, 3.05) is 0 Å². The average molecular weight is 200 g/mol. The number of aryl methyl sites for hydroxylation is 2. The summed E-state index contributed by atoms with van der Waals surface area (Å²) in [5, 5.41) is 21.7. The molecule has 0 amide bonds. The molecule has 13 heavy (non-hydrogen) atoms. The summed E-state index contributed by atoms with van der Waals surface area (Å²) >= 11 is 5.88.